The van der Waals surface area contributed by atoms with E-state index in [9.17, 15) is 9.59 Å². The van der Waals surface area contributed by atoms with Gasteiger partial charge < -0.3 is 10.1 Å². The molecule has 4 aromatic rings. The summed E-state index contributed by atoms with van der Waals surface area (Å²) in [5.74, 6) is -0.975. The van der Waals surface area contributed by atoms with Crippen molar-refractivity contribution in [1.29, 1.82) is 0 Å². The zero-order valence-corrected chi connectivity index (χ0v) is 19.9. The van der Waals surface area contributed by atoms with Crippen LogP contribution in [0.3, 0.4) is 0 Å². The molecule has 154 valence electrons. The number of nitrogens with one attached hydrogen (secondary N) is 1. The lowest BCUT2D eigenvalue weighted by Gasteiger charge is -2.11. The lowest BCUT2D eigenvalue weighted by molar-refractivity contribution is -0.119. The van der Waals surface area contributed by atoms with Crippen molar-refractivity contribution in [1.82, 2.24) is 4.98 Å². The molecule has 0 spiro atoms. The number of hydrogen-bond acceptors (Lipinski definition) is 4. The SMILES string of the molecule is O=C(COC(=O)c1cc(-c2ccc(Br)cc2)nc2ccccc12)Nc1cccc(I)c1. The Hall–Kier alpha value is -2.78. The lowest BCUT2D eigenvalue weighted by Crippen LogP contribution is -2.21. The lowest BCUT2D eigenvalue weighted by atomic mass is 10.0. The van der Waals surface area contributed by atoms with Crippen molar-refractivity contribution >= 4 is 67.0 Å². The zero-order valence-electron chi connectivity index (χ0n) is 16.1. The maximum atomic E-state index is 12.9. The second-order valence-electron chi connectivity index (χ2n) is 6.71. The summed E-state index contributed by atoms with van der Waals surface area (Å²) in [6.45, 7) is -0.380. The van der Waals surface area contributed by atoms with Gasteiger partial charge in [0.25, 0.3) is 5.91 Å². The molecule has 0 aliphatic rings. The molecule has 0 aliphatic heterocycles. The Kier molecular flexibility index (Phi) is 6.62. The molecule has 31 heavy (non-hydrogen) atoms. The molecule has 3 aromatic carbocycles. The second-order valence-corrected chi connectivity index (χ2v) is 8.88. The van der Waals surface area contributed by atoms with Crippen LogP contribution in [0, 0.1) is 3.57 Å². The van der Waals surface area contributed by atoms with Crippen molar-refractivity contribution in [3.8, 4) is 11.3 Å². The fraction of sp³-hybridized carbons (Fsp3) is 0.0417. The number of halogens is 2. The zero-order chi connectivity index (χ0) is 21.8. The third-order valence-corrected chi connectivity index (χ3v) is 5.72. The van der Waals surface area contributed by atoms with Gasteiger partial charge in [-0.1, -0.05) is 52.3 Å². The predicted molar refractivity (Wildman–Crippen MR) is 133 cm³/mol. The van der Waals surface area contributed by atoms with Crippen LogP contribution in [-0.2, 0) is 9.53 Å². The number of ether oxygens (including phenoxy) is 1. The van der Waals surface area contributed by atoms with Crippen LogP contribution in [0.4, 0.5) is 5.69 Å². The van der Waals surface area contributed by atoms with E-state index in [1.54, 1.807) is 12.1 Å². The van der Waals surface area contributed by atoms with Crippen LogP contribution < -0.4 is 5.32 Å². The van der Waals surface area contributed by atoms with E-state index in [1.165, 1.54) is 0 Å². The van der Waals surface area contributed by atoms with Crippen LogP contribution >= 0.6 is 38.5 Å². The van der Waals surface area contributed by atoms with Gasteiger partial charge in [-0.15, -0.1) is 0 Å². The number of carbonyl (C=O) groups is 2. The number of para-hydroxylation sites is 1. The molecule has 1 aromatic heterocycles. The summed E-state index contributed by atoms with van der Waals surface area (Å²) in [6, 6.07) is 24.1. The molecule has 0 radical (unpaired) electrons. The van der Waals surface area contributed by atoms with Gasteiger partial charge in [0, 0.05) is 24.7 Å². The molecule has 0 atom stereocenters. The Morgan fingerprint density at radius 2 is 1.74 bits per heavy atom. The number of rotatable bonds is 5. The number of amides is 1. The van der Waals surface area contributed by atoms with E-state index < -0.39 is 11.9 Å². The quantitative estimate of drug-likeness (QED) is 0.228. The summed E-state index contributed by atoms with van der Waals surface area (Å²) in [7, 11) is 0. The number of nitrogens with zero attached hydrogens (tertiary/aromatic N) is 1. The minimum Gasteiger partial charge on any atom is -0.452 e. The van der Waals surface area contributed by atoms with Crippen LogP contribution in [0.15, 0.2) is 83.3 Å². The number of carbonyl (C=O) groups excluding carboxylic acids is 2. The summed E-state index contributed by atoms with van der Waals surface area (Å²) >= 11 is 5.59. The van der Waals surface area contributed by atoms with Crippen LogP contribution in [0.2, 0.25) is 0 Å². The number of fused-ring (bicyclic) bond motifs is 1. The first kappa shape index (κ1) is 21.5. The van der Waals surface area contributed by atoms with Gasteiger partial charge in [0.2, 0.25) is 0 Å². The van der Waals surface area contributed by atoms with Crippen LogP contribution in [0.5, 0.6) is 0 Å². The Balaban J connectivity index is 1.56. The van der Waals surface area contributed by atoms with E-state index in [2.05, 4.69) is 48.8 Å². The summed E-state index contributed by atoms with van der Waals surface area (Å²) in [4.78, 5) is 29.8. The Morgan fingerprint density at radius 3 is 2.52 bits per heavy atom. The molecule has 1 heterocycles. The van der Waals surface area contributed by atoms with Crippen LogP contribution in [0.1, 0.15) is 10.4 Å². The van der Waals surface area contributed by atoms with E-state index in [0.717, 1.165) is 13.6 Å². The highest BCUT2D eigenvalue weighted by Gasteiger charge is 2.16. The molecule has 5 nitrogen and oxygen atoms in total. The molecule has 0 saturated heterocycles. The van der Waals surface area contributed by atoms with Crippen molar-refractivity contribution in [2.75, 3.05) is 11.9 Å². The van der Waals surface area contributed by atoms with Crippen molar-refractivity contribution in [2.24, 2.45) is 0 Å². The number of pyridine rings is 1. The number of benzene rings is 3. The second kappa shape index (κ2) is 9.57. The molecule has 0 unspecified atom stereocenters. The molecule has 0 bridgehead atoms. The minimum atomic E-state index is -0.574. The summed E-state index contributed by atoms with van der Waals surface area (Å²) in [5.41, 5.74) is 3.23. The molecule has 0 fully saturated rings. The molecule has 1 amide bonds. The molecular formula is C24H16BrIN2O3. The van der Waals surface area contributed by atoms with E-state index in [0.29, 0.717) is 27.8 Å². The van der Waals surface area contributed by atoms with Crippen LogP contribution in [0.25, 0.3) is 22.2 Å². The standard InChI is InChI=1S/C24H16BrIN2O3/c25-16-10-8-15(9-11-16)22-13-20(19-6-1-2-7-21(19)28-22)24(30)31-14-23(29)27-18-5-3-4-17(26)12-18/h1-13H,14H2,(H,27,29). The van der Waals surface area contributed by atoms with Crippen molar-refractivity contribution < 1.29 is 14.3 Å². The van der Waals surface area contributed by atoms with Gasteiger partial charge in [0.05, 0.1) is 16.8 Å². The Labute approximate surface area is 201 Å². The molecular weight excluding hydrogens is 571 g/mol. The van der Waals surface area contributed by atoms with E-state index in [4.69, 9.17) is 4.74 Å². The van der Waals surface area contributed by atoms with Gasteiger partial charge in [-0.2, -0.15) is 0 Å². The van der Waals surface area contributed by atoms with Gasteiger partial charge in [-0.25, -0.2) is 9.78 Å². The molecule has 0 aliphatic carbocycles. The van der Waals surface area contributed by atoms with Gasteiger partial charge in [0.1, 0.15) is 0 Å². The normalized spacial score (nSPS) is 10.6. The first-order valence-electron chi connectivity index (χ1n) is 9.38. The van der Waals surface area contributed by atoms with E-state index in [1.807, 2.05) is 66.7 Å². The number of hydrogen-bond donors (Lipinski definition) is 1. The third-order valence-electron chi connectivity index (χ3n) is 4.52. The van der Waals surface area contributed by atoms with Gasteiger partial charge in [-0.05, 0) is 65.1 Å². The maximum Gasteiger partial charge on any atom is 0.339 e. The van der Waals surface area contributed by atoms with E-state index >= 15 is 0 Å². The smallest absolute Gasteiger partial charge is 0.339 e. The highest BCUT2D eigenvalue weighted by molar-refractivity contribution is 14.1. The maximum absolute atomic E-state index is 12.9. The number of esters is 1. The fourth-order valence-corrected chi connectivity index (χ4v) is 3.89. The summed E-state index contributed by atoms with van der Waals surface area (Å²) in [5, 5.41) is 3.40. The predicted octanol–water partition coefficient (Wildman–Crippen LogP) is 6.06. The monoisotopic (exact) mass is 586 g/mol. The van der Waals surface area contributed by atoms with Gasteiger partial charge in [0.15, 0.2) is 6.61 Å². The van der Waals surface area contributed by atoms with Crippen molar-refractivity contribution in [3.05, 3.63) is 92.5 Å². The third kappa shape index (κ3) is 5.29. The Morgan fingerprint density at radius 1 is 0.968 bits per heavy atom. The van der Waals surface area contributed by atoms with Crippen molar-refractivity contribution in [2.45, 2.75) is 0 Å². The largest absolute Gasteiger partial charge is 0.452 e. The molecule has 0 saturated carbocycles. The van der Waals surface area contributed by atoms with Gasteiger partial charge in [-0.3, -0.25) is 4.79 Å². The van der Waals surface area contributed by atoms with Crippen molar-refractivity contribution in [3.63, 3.8) is 0 Å². The van der Waals surface area contributed by atoms with Crippen LogP contribution in [-0.4, -0.2) is 23.5 Å². The average Bonchev–Trinajstić information content (AvgIpc) is 2.77. The molecule has 1 N–H and O–H groups in total. The summed E-state index contributed by atoms with van der Waals surface area (Å²) < 4.78 is 7.27. The topological polar surface area (TPSA) is 68.3 Å². The summed E-state index contributed by atoms with van der Waals surface area (Å²) in [6.07, 6.45) is 0. The highest BCUT2D eigenvalue weighted by Crippen LogP contribution is 2.26. The van der Waals surface area contributed by atoms with Gasteiger partial charge >= 0.3 is 5.97 Å². The first-order valence-corrected chi connectivity index (χ1v) is 11.2. The molecule has 7 heteroatoms. The number of aromatic nitrogens is 1. The first-order chi connectivity index (χ1) is 15.0. The number of anilines is 1. The highest BCUT2D eigenvalue weighted by atomic mass is 127. The Bertz CT molecular complexity index is 1280. The van der Waals surface area contributed by atoms with E-state index in [-0.39, 0.29) is 6.61 Å². The fourth-order valence-electron chi connectivity index (χ4n) is 3.08. The average molecular weight is 587 g/mol. The minimum absolute atomic E-state index is 0.366. The molecule has 4 rings (SSSR count).